The molecule has 2 aromatic heterocycles. The van der Waals surface area contributed by atoms with Crippen LogP contribution < -0.4 is 15.0 Å². The van der Waals surface area contributed by atoms with E-state index >= 15 is 0 Å². The summed E-state index contributed by atoms with van der Waals surface area (Å²) in [5, 5.41) is 2.55. The second-order valence-electron chi connectivity index (χ2n) is 5.32. The van der Waals surface area contributed by atoms with Crippen LogP contribution in [0.3, 0.4) is 0 Å². The molecule has 136 valence electrons. The molecule has 0 atom stereocenters. The minimum atomic E-state index is -0.0289. The lowest BCUT2D eigenvalue weighted by Crippen LogP contribution is -2.21. The number of thiophene rings is 1. The highest BCUT2D eigenvalue weighted by Gasteiger charge is 2.14. The Bertz CT molecular complexity index is 1010. The van der Waals surface area contributed by atoms with Crippen LogP contribution in [0.25, 0.3) is 10.2 Å². The van der Waals surface area contributed by atoms with Gasteiger partial charge in [-0.15, -0.1) is 17.9 Å². The zero-order valence-corrected chi connectivity index (χ0v) is 17.5. The van der Waals surface area contributed by atoms with Gasteiger partial charge in [-0.3, -0.25) is 9.36 Å². The SMILES string of the molecule is C=CCn1c(SCc2cc(OC)c(OC)cc2Br)nc2ccsc2c1=O. The van der Waals surface area contributed by atoms with Crippen molar-refractivity contribution in [1.82, 2.24) is 9.55 Å². The molecule has 5 nitrogen and oxygen atoms in total. The quantitative estimate of drug-likeness (QED) is 0.295. The fourth-order valence-electron chi connectivity index (χ4n) is 2.47. The van der Waals surface area contributed by atoms with Crippen LogP contribution in [0.15, 0.2) is 50.7 Å². The van der Waals surface area contributed by atoms with Crippen LogP contribution in [0.4, 0.5) is 0 Å². The van der Waals surface area contributed by atoms with E-state index in [1.807, 2.05) is 23.6 Å². The van der Waals surface area contributed by atoms with Crippen molar-refractivity contribution in [3.63, 3.8) is 0 Å². The summed E-state index contributed by atoms with van der Waals surface area (Å²) < 4.78 is 13.9. The average Bonchev–Trinajstić information content (AvgIpc) is 3.12. The van der Waals surface area contributed by atoms with Crippen molar-refractivity contribution in [2.75, 3.05) is 14.2 Å². The molecule has 1 aromatic carbocycles. The Morgan fingerprint density at radius 1 is 1.35 bits per heavy atom. The van der Waals surface area contributed by atoms with E-state index in [1.165, 1.54) is 23.1 Å². The number of aromatic nitrogens is 2. The van der Waals surface area contributed by atoms with Crippen LogP contribution in [0.5, 0.6) is 11.5 Å². The van der Waals surface area contributed by atoms with Crippen LogP contribution in [0.1, 0.15) is 5.56 Å². The van der Waals surface area contributed by atoms with Gasteiger partial charge in [-0.2, -0.15) is 0 Å². The molecule has 8 heteroatoms. The summed E-state index contributed by atoms with van der Waals surface area (Å²) >= 11 is 6.48. The van der Waals surface area contributed by atoms with Crippen LogP contribution >= 0.6 is 39.0 Å². The third-order valence-electron chi connectivity index (χ3n) is 3.75. The monoisotopic (exact) mass is 452 g/mol. The van der Waals surface area contributed by atoms with Crippen molar-refractivity contribution in [2.45, 2.75) is 17.5 Å². The fraction of sp³-hybridized carbons (Fsp3) is 0.222. The summed E-state index contributed by atoms with van der Waals surface area (Å²) in [6.45, 7) is 4.17. The first-order valence-corrected chi connectivity index (χ1v) is 10.4. The number of ether oxygens (including phenoxy) is 2. The van der Waals surface area contributed by atoms with Crippen molar-refractivity contribution < 1.29 is 9.47 Å². The lowest BCUT2D eigenvalue weighted by molar-refractivity contribution is 0.354. The molecule has 0 bridgehead atoms. The van der Waals surface area contributed by atoms with Gasteiger partial charge < -0.3 is 9.47 Å². The van der Waals surface area contributed by atoms with Crippen LogP contribution in [0.2, 0.25) is 0 Å². The highest BCUT2D eigenvalue weighted by atomic mass is 79.9. The van der Waals surface area contributed by atoms with Gasteiger partial charge in [-0.1, -0.05) is 33.8 Å². The number of thioether (sulfide) groups is 1. The van der Waals surface area contributed by atoms with Gasteiger partial charge in [-0.05, 0) is 29.1 Å². The Balaban J connectivity index is 1.96. The largest absolute Gasteiger partial charge is 0.493 e. The number of rotatable bonds is 7. The molecule has 26 heavy (non-hydrogen) atoms. The standard InChI is InChI=1S/C18H17BrN2O3S2/c1-4-6-21-17(22)16-13(5-7-25-16)20-18(21)26-10-11-8-14(23-2)15(24-3)9-12(11)19/h4-5,7-9H,1,6,10H2,2-3H3. The van der Waals surface area contributed by atoms with E-state index in [4.69, 9.17) is 9.47 Å². The van der Waals surface area contributed by atoms with Crippen molar-refractivity contribution in [3.05, 3.63) is 56.6 Å². The van der Waals surface area contributed by atoms with Gasteiger partial charge >= 0.3 is 0 Å². The molecule has 0 unspecified atom stereocenters. The number of allylic oxidation sites excluding steroid dienone is 1. The number of hydrogen-bond acceptors (Lipinski definition) is 6. The number of nitrogens with zero attached hydrogens (tertiary/aromatic N) is 2. The molecule has 0 saturated carbocycles. The Morgan fingerprint density at radius 2 is 2.08 bits per heavy atom. The maximum absolute atomic E-state index is 12.7. The van der Waals surface area contributed by atoms with E-state index in [0.29, 0.717) is 33.7 Å². The minimum Gasteiger partial charge on any atom is -0.493 e. The van der Waals surface area contributed by atoms with Crippen molar-refractivity contribution in [1.29, 1.82) is 0 Å². The van der Waals surface area contributed by atoms with Crippen molar-refractivity contribution in [2.24, 2.45) is 0 Å². The molecule has 0 aliphatic rings. The fourth-order valence-corrected chi connectivity index (χ4v) is 4.90. The Morgan fingerprint density at radius 3 is 2.77 bits per heavy atom. The normalized spacial score (nSPS) is 10.9. The molecule has 0 N–H and O–H groups in total. The Kier molecular flexibility index (Phi) is 6.05. The molecule has 0 fully saturated rings. The van der Waals surface area contributed by atoms with E-state index < -0.39 is 0 Å². The van der Waals surface area contributed by atoms with Gasteiger partial charge in [0.1, 0.15) is 4.70 Å². The average molecular weight is 453 g/mol. The van der Waals surface area contributed by atoms with Gasteiger partial charge in [0.25, 0.3) is 5.56 Å². The molecular weight excluding hydrogens is 436 g/mol. The first kappa shape index (κ1) is 19.0. The van der Waals surface area contributed by atoms with Gasteiger partial charge in [0, 0.05) is 16.8 Å². The van der Waals surface area contributed by atoms with Crippen molar-refractivity contribution in [3.8, 4) is 11.5 Å². The minimum absolute atomic E-state index is 0.0289. The summed E-state index contributed by atoms with van der Waals surface area (Å²) in [5.74, 6) is 1.95. The van der Waals surface area contributed by atoms with E-state index in [0.717, 1.165) is 15.6 Å². The number of halogens is 1. The summed E-state index contributed by atoms with van der Waals surface area (Å²) in [4.78, 5) is 17.3. The molecule has 0 radical (unpaired) electrons. The predicted octanol–water partition coefficient (Wildman–Crippen LogP) is 4.72. The van der Waals surface area contributed by atoms with Crippen molar-refractivity contribution >= 4 is 49.2 Å². The summed E-state index contributed by atoms with van der Waals surface area (Å²) in [7, 11) is 3.21. The molecule has 0 saturated heterocycles. The van der Waals surface area contributed by atoms with Gasteiger partial charge in [0.15, 0.2) is 16.7 Å². The maximum Gasteiger partial charge on any atom is 0.272 e. The first-order valence-electron chi connectivity index (χ1n) is 7.71. The van der Waals surface area contributed by atoms with E-state index in [-0.39, 0.29) is 5.56 Å². The van der Waals surface area contributed by atoms with E-state index in [2.05, 4.69) is 27.5 Å². The maximum atomic E-state index is 12.7. The predicted molar refractivity (Wildman–Crippen MR) is 111 cm³/mol. The van der Waals surface area contributed by atoms with Crippen LogP contribution in [-0.2, 0) is 12.3 Å². The number of methoxy groups -OCH3 is 2. The first-order chi connectivity index (χ1) is 12.6. The van der Waals surface area contributed by atoms with E-state index in [9.17, 15) is 4.79 Å². The molecule has 3 aromatic rings. The third kappa shape index (κ3) is 3.67. The molecule has 0 spiro atoms. The number of hydrogen-bond donors (Lipinski definition) is 0. The van der Waals surface area contributed by atoms with Crippen LogP contribution in [-0.4, -0.2) is 23.8 Å². The lowest BCUT2D eigenvalue weighted by Gasteiger charge is -2.13. The highest BCUT2D eigenvalue weighted by molar-refractivity contribution is 9.10. The summed E-state index contributed by atoms with van der Waals surface area (Å²) in [5.41, 5.74) is 1.73. The molecule has 3 rings (SSSR count). The Hall–Kier alpha value is -1.77. The molecular formula is C18H17BrN2O3S2. The second kappa shape index (κ2) is 8.28. The molecule has 0 aliphatic carbocycles. The second-order valence-corrected chi connectivity index (χ2v) is 8.03. The summed E-state index contributed by atoms with van der Waals surface area (Å²) in [6.07, 6.45) is 1.71. The van der Waals surface area contributed by atoms with E-state index in [1.54, 1.807) is 24.9 Å². The van der Waals surface area contributed by atoms with Gasteiger partial charge in [0.2, 0.25) is 0 Å². The lowest BCUT2D eigenvalue weighted by atomic mass is 10.2. The zero-order valence-electron chi connectivity index (χ0n) is 14.3. The number of fused-ring (bicyclic) bond motifs is 1. The topological polar surface area (TPSA) is 53.4 Å². The summed E-state index contributed by atoms with van der Waals surface area (Å²) in [6, 6.07) is 5.67. The van der Waals surface area contributed by atoms with Crippen LogP contribution in [0, 0.1) is 0 Å². The molecule has 0 amide bonds. The third-order valence-corrected chi connectivity index (χ3v) is 6.41. The Labute approximate surface area is 167 Å². The zero-order chi connectivity index (χ0) is 18.7. The number of benzene rings is 1. The van der Waals surface area contributed by atoms with Gasteiger partial charge in [-0.25, -0.2) is 4.98 Å². The van der Waals surface area contributed by atoms with Gasteiger partial charge in [0.05, 0.1) is 19.7 Å². The molecule has 2 heterocycles. The smallest absolute Gasteiger partial charge is 0.272 e. The molecule has 0 aliphatic heterocycles. The highest BCUT2D eigenvalue weighted by Crippen LogP contribution is 2.36.